The summed E-state index contributed by atoms with van der Waals surface area (Å²) in [5.74, 6) is -0.0767. The molecule has 1 aliphatic carbocycles. The maximum Gasteiger partial charge on any atom is 0.309 e. The molecule has 4 rings (SSSR count). The summed E-state index contributed by atoms with van der Waals surface area (Å²) in [4.78, 5) is 12.2. The lowest BCUT2D eigenvalue weighted by Crippen LogP contribution is -2.25. The van der Waals surface area contributed by atoms with E-state index in [0.717, 1.165) is 19.3 Å². The standard InChI is InChI=1S/C21H21NO2/c1-2-24-21(23)15-12-13-20-18(14-15)17-10-6-7-11-19(17)22(20)16-8-4-3-5-9-16/h3-11,15H,2,12-14H2,1H3. The van der Waals surface area contributed by atoms with E-state index in [1.807, 2.05) is 13.0 Å². The molecular formula is C21H21NO2. The van der Waals surface area contributed by atoms with Crippen molar-refractivity contribution in [1.29, 1.82) is 0 Å². The van der Waals surface area contributed by atoms with Crippen molar-refractivity contribution in [2.24, 2.45) is 5.92 Å². The molecule has 0 saturated heterocycles. The lowest BCUT2D eigenvalue weighted by molar-refractivity contribution is -0.148. The number of nitrogens with zero attached hydrogens (tertiary/aromatic N) is 1. The van der Waals surface area contributed by atoms with Gasteiger partial charge in [-0.05, 0) is 49.9 Å². The number of hydrogen-bond acceptors (Lipinski definition) is 2. The van der Waals surface area contributed by atoms with Gasteiger partial charge in [0, 0.05) is 16.8 Å². The van der Waals surface area contributed by atoms with E-state index in [0.29, 0.717) is 6.61 Å². The van der Waals surface area contributed by atoms with Crippen molar-refractivity contribution in [3.8, 4) is 5.69 Å². The summed E-state index contributed by atoms with van der Waals surface area (Å²) >= 11 is 0. The number of carbonyl (C=O) groups excluding carboxylic acids is 1. The molecule has 0 aliphatic heterocycles. The molecule has 122 valence electrons. The molecule has 1 aromatic heterocycles. The van der Waals surface area contributed by atoms with Crippen LogP contribution in [0.5, 0.6) is 0 Å². The van der Waals surface area contributed by atoms with E-state index in [9.17, 15) is 4.79 Å². The van der Waals surface area contributed by atoms with Gasteiger partial charge in [0.2, 0.25) is 0 Å². The summed E-state index contributed by atoms with van der Waals surface area (Å²) < 4.78 is 7.61. The minimum Gasteiger partial charge on any atom is -0.466 e. The second-order valence-corrected chi connectivity index (χ2v) is 6.31. The zero-order valence-electron chi connectivity index (χ0n) is 13.9. The minimum absolute atomic E-state index is 0.0209. The van der Waals surface area contributed by atoms with Gasteiger partial charge in [-0.2, -0.15) is 0 Å². The van der Waals surface area contributed by atoms with Crippen LogP contribution in [0, 0.1) is 5.92 Å². The van der Waals surface area contributed by atoms with Crippen molar-refractivity contribution in [1.82, 2.24) is 4.57 Å². The smallest absolute Gasteiger partial charge is 0.309 e. The van der Waals surface area contributed by atoms with Gasteiger partial charge in [0.25, 0.3) is 0 Å². The molecular weight excluding hydrogens is 298 g/mol. The van der Waals surface area contributed by atoms with Gasteiger partial charge in [0.1, 0.15) is 0 Å². The second-order valence-electron chi connectivity index (χ2n) is 6.31. The molecule has 0 N–H and O–H groups in total. The average Bonchev–Trinajstić information content (AvgIpc) is 2.96. The van der Waals surface area contributed by atoms with Gasteiger partial charge in [-0.3, -0.25) is 4.79 Å². The summed E-state index contributed by atoms with van der Waals surface area (Å²) in [6, 6.07) is 19.0. The Bertz CT molecular complexity index is 879. The molecule has 0 spiro atoms. The van der Waals surface area contributed by atoms with Crippen LogP contribution in [0.4, 0.5) is 0 Å². The number of fused-ring (bicyclic) bond motifs is 3. The number of esters is 1. The molecule has 1 aliphatic rings. The number of aromatic nitrogens is 1. The molecule has 0 amide bonds. The fraction of sp³-hybridized carbons (Fsp3) is 0.286. The summed E-state index contributed by atoms with van der Waals surface area (Å²) in [6.45, 7) is 2.32. The Labute approximate surface area is 141 Å². The fourth-order valence-corrected chi connectivity index (χ4v) is 3.84. The highest BCUT2D eigenvalue weighted by Gasteiger charge is 2.30. The van der Waals surface area contributed by atoms with E-state index in [1.54, 1.807) is 0 Å². The molecule has 0 fully saturated rings. The van der Waals surface area contributed by atoms with Crippen LogP contribution in [0.2, 0.25) is 0 Å². The van der Waals surface area contributed by atoms with Crippen LogP contribution in [-0.2, 0) is 22.4 Å². The highest BCUT2D eigenvalue weighted by Crippen LogP contribution is 2.36. The highest BCUT2D eigenvalue weighted by atomic mass is 16.5. The van der Waals surface area contributed by atoms with E-state index in [-0.39, 0.29) is 11.9 Å². The zero-order chi connectivity index (χ0) is 16.5. The van der Waals surface area contributed by atoms with Crippen LogP contribution < -0.4 is 0 Å². The molecule has 0 bridgehead atoms. The molecule has 1 unspecified atom stereocenters. The molecule has 3 aromatic rings. The topological polar surface area (TPSA) is 31.2 Å². The third-order valence-corrected chi connectivity index (χ3v) is 4.90. The summed E-state index contributed by atoms with van der Waals surface area (Å²) in [6.07, 6.45) is 2.53. The first-order valence-electron chi connectivity index (χ1n) is 8.63. The van der Waals surface area contributed by atoms with Crippen LogP contribution in [-0.4, -0.2) is 17.1 Å². The van der Waals surface area contributed by atoms with Gasteiger partial charge in [-0.15, -0.1) is 0 Å². The van der Waals surface area contributed by atoms with Crippen molar-refractivity contribution in [3.05, 3.63) is 65.9 Å². The van der Waals surface area contributed by atoms with Gasteiger partial charge < -0.3 is 9.30 Å². The summed E-state index contributed by atoms with van der Waals surface area (Å²) in [5, 5.41) is 1.25. The maximum absolute atomic E-state index is 12.2. The normalized spacial score (nSPS) is 16.8. The largest absolute Gasteiger partial charge is 0.466 e. The lowest BCUT2D eigenvalue weighted by atomic mass is 9.86. The quantitative estimate of drug-likeness (QED) is 0.674. The number of ether oxygens (including phenoxy) is 1. The lowest BCUT2D eigenvalue weighted by Gasteiger charge is -2.22. The average molecular weight is 319 g/mol. The Kier molecular flexibility index (Phi) is 3.85. The second kappa shape index (κ2) is 6.16. The number of para-hydroxylation sites is 2. The minimum atomic E-state index is -0.0558. The number of carbonyl (C=O) groups is 1. The Balaban J connectivity index is 1.85. The summed E-state index contributed by atoms with van der Waals surface area (Å²) in [7, 11) is 0. The molecule has 2 aromatic carbocycles. The van der Waals surface area contributed by atoms with Crippen molar-refractivity contribution < 1.29 is 9.53 Å². The third kappa shape index (κ3) is 2.41. The van der Waals surface area contributed by atoms with Gasteiger partial charge in [0.05, 0.1) is 18.0 Å². The van der Waals surface area contributed by atoms with Crippen LogP contribution >= 0.6 is 0 Å². The van der Waals surface area contributed by atoms with Crippen LogP contribution in [0.25, 0.3) is 16.6 Å². The molecule has 3 nitrogen and oxygen atoms in total. The maximum atomic E-state index is 12.2. The van der Waals surface area contributed by atoms with Gasteiger partial charge in [-0.25, -0.2) is 0 Å². The number of rotatable bonds is 3. The van der Waals surface area contributed by atoms with Crippen molar-refractivity contribution in [2.45, 2.75) is 26.2 Å². The van der Waals surface area contributed by atoms with E-state index >= 15 is 0 Å². The third-order valence-electron chi connectivity index (χ3n) is 4.90. The Hall–Kier alpha value is -2.55. The molecule has 1 heterocycles. The van der Waals surface area contributed by atoms with Crippen LogP contribution in [0.1, 0.15) is 24.6 Å². The highest BCUT2D eigenvalue weighted by molar-refractivity contribution is 5.88. The Morgan fingerprint density at radius 3 is 2.67 bits per heavy atom. The molecule has 0 radical (unpaired) electrons. The molecule has 3 heteroatoms. The van der Waals surface area contributed by atoms with E-state index in [4.69, 9.17) is 4.74 Å². The monoisotopic (exact) mass is 319 g/mol. The molecule has 0 saturated carbocycles. The molecule has 1 atom stereocenters. The van der Waals surface area contributed by atoms with Crippen molar-refractivity contribution in [3.63, 3.8) is 0 Å². The van der Waals surface area contributed by atoms with Gasteiger partial charge in [-0.1, -0.05) is 36.4 Å². The first-order chi connectivity index (χ1) is 11.8. The van der Waals surface area contributed by atoms with Gasteiger partial charge >= 0.3 is 5.97 Å². The Morgan fingerprint density at radius 2 is 1.88 bits per heavy atom. The number of hydrogen-bond donors (Lipinski definition) is 0. The zero-order valence-corrected chi connectivity index (χ0v) is 13.9. The van der Waals surface area contributed by atoms with E-state index in [2.05, 4.69) is 53.1 Å². The first kappa shape index (κ1) is 15.0. The van der Waals surface area contributed by atoms with Crippen LogP contribution in [0.15, 0.2) is 54.6 Å². The predicted octanol–water partition coefficient (Wildman–Crippen LogP) is 4.30. The first-order valence-corrected chi connectivity index (χ1v) is 8.63. The predicted molar refractivity (Wildman–Crippen MR) is 95.4 cm³/mol. The summed E-state index contributed by atoms with van der Waals surface area (Å²) in [5.41, 5.74) is 5.05. The fourth-order valence-electron chi connectivity index (χ4n) is 3.84. The SMILES string of the molecule is CCOC(=O)C1CCc2c(c3ccccc3n2-c2ccccc2)C1. The van der Waals surface area contributed by atoms with E-state index < -0.39 is 0 Å². The Morgan fingerprint density at radius 1 is 1.12 bits per heavy atom. The van der Waals surface area contributed by atoms with Crippen molar-refractivity contribution >= 4 is 16.9 Å². The van der Waals surface area contributed by atoms with Gasteiger partial charge in [0.15, 0.2) is 0 Å². The van der Waals surface area contributed by atoms with Crippen LogP contribution in [0.3, 0.4) is 0 Å². The molecule has 24 heavy (non-hydrogen) atoms. The van der Waals surface area contributed by atoms with Crippen molar-refractivity contribution in [2.75, 3.05) is 6.61 Å². The number of benzene rings is 2. The van der Waals surface area contributed by atoms with E-state index in [1.165, 1.54) is 27.8 Å².